The van der Waals surface area contributed by atoms with Gasteiger partial charge < -0.3 is 25.0 Å². The normalized spacial score (nSPS) is 21.2. The third kappa shape index (κ3) is 4.85. The molecule has 31 heavy (non-hydrogen) atoms. The third-order valence-corrected chi connectivity index (χ3v) is 7.35. The van der Waals surface area contributed by atoms with Gasteiger partial charge in [0.1, 0.15) is 12.1 Å². The van der Waals surface area contributed by atoms with Crippen LogP contribution < -0.4 is 15.5 Å². The van der Waals surface area contributed by atoms with Crippen molar-refractivity contribution in [3.05, 3.63) is 43.5 Å². The molecular formula is C20H19Br2N3O5S. The molecule has 2 aromatic rings. The van der Waals surface area contributed by atoms with E-state index >= 15 is 0 Å². The molecule has 2 saturated heterocycles. The minimum Gasteiger partial charge on any atom is -0.378 e. The average molecular weight is 573 g/mol. The number of benzene rings is 1. The predicted molar refractivity (Wildman–Crippen MR) is 124 cm³/mol. The van der Waals surface area contributed by atoms with E-state index in [2.05, 4.69) is 42.5 Å². The highest BCUT2D eigenvalue weighted by Gasteiger charge is 2.44. The molecule has 1 aromatic carbocycles. The van der Waals surface area contributed by atoms with Crippen LogP contribution in [0.2, 0.25) is 0 Å². The Hall–Kier alpha value is -1.79. The summed E-state index contributed by atoms with van der Waals surface area (Å²) in [6.45, 7) is 1.46. The molecule has 3 amide bonds. The van der Waals surface area contributed by atoms with E-state index in [9.17, 15) is 14.4 Å². The van der Waals surface area contributed by atoms with Crippen molar-refractivity contribution in [3.8, 4) is 0 Å². The maximum absolute atomic E-state index is 13.2. The van der Waals surface area contributed by atoms with Crippen molar-refractivity contribution in [2.45, 2.75) is 12.0 Å². The maximum atomic E-state index is 13.2. The van der Waals surface area contributed by atoms with Gasteiger partial charge in [-0.3, -0.25) is 14.4 Å². The van der Waals surface area contributed by atoms with Crippen LogP contribution in [0.1, 0.15) is 16.1 Å². The third-order valence-electron chi connectivity index (χ3n) is 5.09. The van der Waals surface area contributed by atoms with Crippen LogP contribution in [0.3, 0.4) is 0 Å². The summed E-state index contributed by atoms with van der Waals surface area (Å²) in [7, 11) is 0. The fourth-order valence-electron chi connectivity index (χ4n) is 3.44. The Labute approximate surface area is 199 Å². The number of amides is 3. The van der Waals surface area contributed by atoms with Crippen molar-refractivity contribution in [1.29, 1.82) is 0 Å². The molecule has 0 bridgehead atoms. The highest BCUT2D eigenvalue weighted by atomic mass is 79.9. The number of hydrogen-bond acceptors (Lipinski definition) is 6. The van der Waals surface area contributed by atoms with Crippen LogP contribution in [0.25, 0.3) is 0 Å². The summed E-state index contributed by atoms with van der Waals surface area (Å²) < 4.78 is 12.1. The average Bonchev–Trinajstić information content (AvgIpc) is 3.39. The summed E-state index contributed by atoms with van der Waals surface area (Å²) >= 11 is 8.13. The molecule has 4 rings (SSSR count). The van der Waals surface area contributed by atoms with Gasteiger partial charge in [0.15, 0.2) is 0 Å². The Bertz CT molecular complexity index is 1020. The summed E-state index contributed by atoms with van der Waals surface area (Å²) in [4.78, 5) is 40.1. The van der Waals surface area contributed by atoms with Gasteiger partial charge in [-0.25, -0.2) is 0 Å². The van der Waals surface area contributed by atoms with E-state index in [1.54, 1.807) is 35.2 Å². The molecule has 0 spiro atoms. The lowest BCUT2D eigenvalue weighted by Crippen LogP contribution is -2.57. The number of nitrogens with one attached hydrogen (secondary N) is 2. The van der Waals surface area contributed by atoms with Gasteiger partial charge in [0.05, 0.1) is 27.6 Å². The van der Waals surface area contributed by atoms with E-state index in [1.165, 1.54) is 11.3 Å². The summed E-state index contributed by atoms with van der Waals surface area (Å²) in [6, 6.07) is 8.71. The molecule has 0 saturated carbocycles. The van der Waals surface area contributed by atoms with Crippen molar-refractivity contribution < 1.29 is 23.9 Å². The number of carbonyl (C=O) groups is 3. The fourth-order valence-corrected chi connectivity index (χ4v) is 5.32. The number of nitrogens with zero attached hydrogens (tertiary/aromatic N) is 1. The number of thiophene rings is 1. The van der Waals surface area contributed by atoms with E-state index in [0.29, 0.717) is 46.9 Å². The highest BCUT2D eigenvalue weighted by molar-refractivity contribution is 9.11. The summed E-state index contributed by atoms with van der Waals surface area (Å²) in [5.41, 5.74) is 0.0984. The van der Waals surface area contributed by atoms with Crippen molar-refractivity contribution in [3.63, 3.8) is 0 Å². The molecule has 8 nitrogen and oxygen atoms in total. The minimum absolute atomic E-state index is 0.0496. The van der Waals surface area contributed by atoms with Crippen LogP contribution in [-0.2, 0) is 19.1 Å². The topological polar surface area (TPSA) is 97.0 Å². The van der Waals surface area contributed by atoms with E-state index < -0.39 is 5.54 Å². The molecule has 1 unspecified atom stereocenters. The number of rotatable bonds is 5. The van der Waals surface area contributed by atoms with Crippen LogP contribution in [0, 0.1) is 0 Å². The Balaban J connectivity index is 1.49. The molecule has 164 valence electrons. The Morgan fingerprint density at radius 3 is 2.61 bits per heavy atom. The maximum Gasteiger partial charge on any atom is 0.262 e. The summed E-state index contributed by atoms with van der Waals surface area (Å²) in [5, 5.41) is 5.73. The van der Waals surface area contributed by atoms with Gasteiger partial charge in [0, 0.05) is 29.7 Å². The van der Waals surface area contributed by atoms with E-state index in [4.69, 9.17) is 9.47 Å². The zero-order valence-electron chi connectivity index (χ0n) is 16.3. The molecule has 2 N–H and O–H groups in total. The van der Waals surface area contributed by atoms with Crippen LogP contribution in [-0.4, -0.2) is 56.2 Å². The standard InChI is InChI=1S/C20H19Br2N3O5S/c21-13-9-12(1-2-14(13)25-6-8-29-10-17(25)26)23-19(28)20(5-7-30-11-20)24-18(27)15-3-4-16(22)31-15/h1-4,9H,5-8,10-11H2,(H,23,28)(H,24,27). The molecule has 0 radical (unpaired) electrons. The van der Waals surface area contributed by atoms with E-state index in [1.807, 2.05) is 0 Å². The highest BCUT2D eigenvalue weighted by Crippen LogP contribution is 2.31. The Morgan fingerprint density at radius 1 is 1.13 bits per heavy atom. The van der Waals surface area contributed by atoms with Crippen molar-refractivity contribution in [1.82, 2.24) is 5.32 Å². The molecule has 1 aromatic heterocycles. The van der Waals surface area contributed by atoms with Crippen LogP contribution in [0.5, 0.6) is 0 Å². The van der Waals surface area contributed by atoms with E-state index in [-0.39, 0.29) is 30.9 Å². The molecule has 2 aliphatic rings. The van der Waals surface area contributed by atoms with Crippen molar-refractivity contribution in [2.24, 2.45) is 0 Å². The SMILES string of the molecule is O=C(NC1(C(=O)Nc2ccc(N3CCOCC3=O)c(Br)c2)CCOC1)c1ccc(Br)s1. The van der Waals surface area contributed by atoms with Gasteiger partial charge >= 0.3 is 0 Å². The van der Waals surface area contributed by atoms with Crippen molar-refractivity contribution in [2.75, 3.05) is 43.2 Å². The largest absolute Gasteiger partial charge is 0.378 e. The van der Waals surface area contributed by atoms with Gasteiger partial charge in [-0.1, -0.05) is 0 Å². The number of anilines is 2. The quantitative estimate of drug-likeness (QED) is 0.574. The molecule has 2 aliphatic heterocycles. The van der Waals surface area contributed by atoms with Crippen LogP contribution in [0.4, 0.5) is 11.4 Å². The Morgan fingerprint density at radius 2 is 1.97 bits per heavy atom. The lowest BCUT2D eigenvalue weighted by Gasteiger charge is -2.29. The first kappa shape index (κ1) is 22.4. The van der Waals surface area contributed by atoms with Crippen LogP contribution >= 0.6 is 43.2 Å². The number of carbonyl (C=O) groups excluding carboxylic acids is 3. The van der Waals surface area contributed by atoms with Gasteiger partial charge in [-0.15, -0.1) is 11.3 Å². The second-order valence-electron chi connectivity index (χ2n) is 7.16. The number of morpholine rings is 1. The first-order valence-corrected chi connectivity index (χ1v) is 11.9. The summed E-state index contributed by atoms with van der Waals surface area (Å²) in [6.07, 6.45) is 0.374. The molecule has 1 atom stereocenters. The van der Waals surface area contributed by atoms with Gasteiger partial charge in [-0.2, -0.15) is 0 Å². The van der Waals surface area contributed by atoms with Gasteiger partial charge in [0.2, 0.25) is 0 Å². The predicted octanol–water partition coefficient (Wildman–Crippen LogP) is 3.16. The van der Waals surface area contributed by atoms with Crippen LogP contribution in [0.15, 0.2) is 38.6 Å². The minimum atomic E-state index is -1.15. The zero-order valence-corrected chi connectivity index (χ0v) is 20.3. The fraction of sp³-hybridized carbons (Fsp3) is 0.350. The summed E-state index contributed by atoms with van der Waals surface area (Å²) in [5.74, 6) is -0.788. The lowest BCUT2D eigenvalue weighted by molar-refractivity contribution is -0.125. The molecular weight excluding hydrogens is 554 g/mol. The number of ether oxygens (including phenoxy) is 2. The molecule has 0 aliphatic carbocycles. The van der Waals surface area contributed by atoms with Gasteiger partial charge in [0.25, 0.3) is 17.7 Å². The van der Waals surface area contributed by atoms with Gasteiger partial charge in [-0.05, 0) is 62.2 Å². The Kier molecular flexibility index (Phi) is 6.77. The second kappa shape index (κ2) is 9.37. The molecule has 2 fully saturated rings. The molecule has 3 heterocycles. The second-order valence-corrected chi connectivity index (χ2v) is 10.5. The first-order valence-electron chi connectivity index (χ1n) is 9.53. The lowest BCUT2D eigenvalue weighted by atomic mass is 9.97. The smallest absolute Gasteiger partial charge is 0.262 e. The number of hydrogen-bond donors (Lipinski definition) is 2. The van der Waals surface area contributed by atoms with E-state index in [0.717, 1.165) is 3.79 Å². The zero-order chi connectivity index (χ0) is 22.0. The van der Waals surface area contributed by atoms with Crippen molar-refractivity contribution >= 4 is 72.3 Å². The first-order chi connectivity index (χ1) is 14.9. The monoisotopic (exact) mass is 571 g/mol. The molecule has 11 heteroatoms. The number of halogens is 2.